The molecular formula is C32H32ClN5O6. The average Bonchev–Trinajstić information content (AvgIpc) is 3.36. The third-order valence-corrected chi connectivity index (χ3v) is 7.34. The Morgan fingerprint density at radius 2 is 1.84 bits per heavy atom. The minimum Gasteiger partial charge on any atom is -0.487 e. The number of Topliss-reactive ketones (excluding diaryl/α,β-unsaturated/α-hetero) is 1. The SMILES string of the molecule is CC(C)(C)Oc1cc(C(=O)CC(=O)O)ccc1C1=N[C@@H](c2cccnc2)[C@@H](c2ccc(Cl)cc2)N1C(=O)N1CCNC(=O)C1. The van der Waals surface area contributed by atoms with E-state index in [1.807, 2.05) is 39.0 Å². The fraction of sp³-hybridized carbons (Fsp3) is 0.312. The Hall–Kier alpha value is -4.77. The number of rotatable bonds is 7. The highest BCUT2D eigenvalue weighted by atomic mass is 35.5. The van der Waals surface area contributed by atoms with Crippen LogP contribution in [0.1, 0.15) is 66.3 Å². The predicted octanol–water partition coefficient (Wildman–Crippen LogP) is 4.67. The predicted molar refractivity (Wildman–Crippen MR) is 163 cm³/mol. The molecule has 0 saturated carbocycles. The number of carbonyl (C=O) groups is 4. The van der Waals surface area contributed by atoms with E-state index in [4.69, 9.17) is 21.3 Å². The number of halogens is 1. The Morgan fingerprint density at radius 3 is 2.48 bits per heavy atom. The summed E-state index contributed by atoms with van der Waals surface area (Å²) in [6.45, 7) is 5.99. The lowest BCUT2D eigenvalue weighted by atomic mass is 9.94. The second-order valence-electron chi connectivity index (χ2n) is 11.5. The molecule has 1 saturated heterocycles. The number of piperazine rings is 1. The highest BCUT2D eigenvalue weighted by Gasteiger charge is 2.45. The molecule has 3 amide bonds. The van der Waals surface area contributed by atoms with Gasteiger partial charge in [-0.25, -0.2) is 4.79 Å². The van der Waals surface area contributed by atoms with Crippen LogP contribution < -0.4 is 10.1 Å². The van der Waals surface area contributed by atoms with Crippen molar-refractivity contribution in [1.82, 2.24) is 20.1 Å². The van der Waals surface area contributed by atoms with Gasteiger partial charge in [-0.3, -0.25) is 29.3 Å². The van der Waals surface area contributed by atoms with Gasteiger partial charge >= 0.3 is 12.0 Å². The van der Waals surface area contributed by atoms with Crippen molar-refractivity contribution in [2.45, 2.75) is 44.9 Å². The second kappa shape index (κ2) is 12.5. The normalized spacial score (nSPS) is 18.5. The van der Waals surface area contributed by atoms with Crippen LogP contribution in [0.3, 0.4) is 0 Å². The number of aromatic nitrogens is 1. The van der Waals surface area contributed by atoms with Gasteiger partial charge in [0.05, 0.1) is 11.6 Å². The second-order valence-corrected chi connectivity index (χ2v) is 12.0. The number of nitrogens with zero attached hydrogens (tertiary/aromatic N) is 4. The molecule has 2 N–H and O–H groups in total. The van der Waals surface area contributed by atoms with Crippen molar-refractivity contribution < 1.29 is 29.0 Å². The van der Waals surface area contributed by atoms with E-state index in [0.717, 1.165) is 11.1 Å². The zero-order valence-electron chi connectivity index (χ0n) is 24.5. The van der Waals surface area contributed by atoms with Crippen molar-refractivity contribution in [3.63, 3.8) is 0 Å². The van der Waals surface area contributed by atoms with Gasteiger partial charge in [-0.15, -0.1) is 0 Å². The lowest BCUT2D eigenvalue weighted by Gasteiger charge is -2.36. The summed E-state index contributed by atoms with van der Waals surface area (Å²) in [6.07, 6.45) is 2.66. The van der Waals surface area contributed by atoms with E-state index in [2.05, 4.69) is 10.3 Å². The lowest BCUT2D eigenvalue weighted by molar-refractivity contribution is -0.136. The Balaban J connectivity index is 1.71. The topological polar surface area (TPSA) is 142 Å². The van der Waals surface area contributed by atoms with E-state index in [0.29, 0.717) is 23.7 Å². The summed E-state index contributed by atoms with van der Waals surface area (Å²) >= 11 is 6.23. The lowest BCUT2D eigenvalue weighted by Crippen LogP contribution is -2.55. The van der Waals surface area contributed by atoms with E-state index >= 15 is 0 Å². The number of ether oxygens (including phenoxy) is 1. The van der Waals surface area contributed by atoms with Crippen LogP contribution in [-0.2, 0) is 9.59 Å². The van der Waals surface area contributed by atoms with Crippen molar-refractivity contribution in [2.75, 3.05) is 19.6 Å². The van der Waals surface area contributed by atoms with Gasteiger partial charge < -0.3 is 20.1 Å². The molecule has 1 fully saturated rings. The van der Waals surface area contributed by atoms with E-state index in [1.165, 1.54) is 17.0 Å². The van der Waals surface area contributed by atoms with E-state index in [9.17, 15) is 24.3 Å². The quantitative estimate of drug-likeness (QED) is 0.290. The van der Waals surface area contributed by atoms with Crippen molar-refractivity contribution in [2.24, 2.45) is 4.99 Å². The number of pyridine rings is 1. The molecule has 11 nitrogen and oxygen atoms in total. The molecule has 0 bridgehead atoms. The van der Waals surface area contributed by atoms with Gasteiger partial charge in [-0.05, 0) is 62.2 Å². The monoisotopic (exact) mass is 617 g/mol. The Labute approximate surface area is 259 Å². The molecule has 44 heavy (non-hydrogen) atoms. The van der Waals surface area contributed by atoms with Crippen LogP contribution in [0.4, 0.5) is 4.79 Å². The molecule has 3 heterocycles. The largest absolute Gasteiger partial charge is 0.487 e. The first-order chi connectivity index (χ1) is 20.9. The number of aliphatic imine (C=N–C) groups is 1. The van der Waals surface area contributed by atoms with Crippen LogP contribution in [0.25, 0.3) is 0 Å². The number of nitrogens with one attached hydrogen (secondary N) is 1. The molecule has 0 unspecified atom stereocenters. The van der Waals surface area contributed by atoms with Crippen molar-refractivity contribution in [3.05, 3.63) is 94.3 Å². The van der Waals surface area contributed by atoms with Crippen LogP contribution in [0, 0.1) is 0 Å². The maximum absolute atomic E-state index is 14.4. The van der Waals surface area contributed by atoms with Crippen LogP contribution in [0.2, 0.25) is 5.02 Å². The van der Waals surface area contributed by atoms with Gasteiger partial charge in [0.15, 0.2) is 5.78 Å². The summed E-state index contributed by atoms with van der Waals surface area (Å²) in [5.74, 6) is -1.58. The highest BCUT2D eigenvalue weighted by Crippen LogP contribution is 2.45. The standard InChI is InChI=1S/C32H32ClN5O6/c1-32(2,3)44-25-15-20(24(39)16-27(41)42)8-11-23(25)30-36-28(21-5-4-12-34-17-21)29(19-6-9-22(33)10-7-19)38(30)31(43)37-14-13-35-26(40)18-37/h4-12,15,17,28-29H,13-14,16,18H2,1-3H3,(H,35,40)(H,41,42)/t28-,29+/m0/s1. The maximum Gasteiger partial charge on any atom is 0.326 e. The van der Waals surface area contributed by atoms with E-state index < -0.39 is 41.9 Å². The molecule has 2 atom stereocenters. The summed E-state index contributed by atoms with van der Waals surface area (Å²) < 4.78 is 6.30. The number of benzene rings is 2. The number of urea groups is 1. The zero-order chi connectivity index (χ0) is 31.6. The number of hydrogen-bond acceptors (Lipinski definition) is 7. The first-order valence-corrected chi connectivity index (χ1v) is 14.5. The van der Waals surface area contributed by atoms with Gasteiger partial charge in [0.25, 0.3) is 0 Å². The number of amidine groups is 1. The molecule has 2 aliphatic heterocycles. The minimum absolute atomic E-state index is 0.124. The number of carboxylic acid groups (broad SMARTS) is 1. The fourth-order valence-electron chi connectivity index (χ4n) is 5.23. The molecule has 0 spiro atoms. The number of amides is 3. The van der Waals surface area contributed by atoms with Crippen LogP contribution in [-0.4, -0.2) is 74.7 Å². The van der Waals surface area contributed by atoms with Gasteiger partial charge in [0, 0.05) is 36.1 Å². The van der Waals surface area contributed by atoms with Crippen LogP contribution in [0.5, 0.6) is 5.75 Å². The summed E-state index contributed by atoms with van der Waals surface area (Å²) in [5.41, 5.74) is 1.36. The molecule has 2 aliphatic rings. The molecule has 5 rings (SSSR count). The number of aliphatic carboxylic acids is 1. The summed E-state index contributed by atoms with van der Waals surface area (Å²) in [5, 5.41) is 12.5. The molecule has 2 aromatic carbocycles. The van der Waals surface area contributed by atoms with Crippen LogP contribution in [0.15, 0.2) is 72.0 Å². The number of carbonyl (C=O) groups excluding carboxylic acids is 3. The molecule has 0 radical (unpaired) electrons. The average molecular weight is 618 g/mol. The third-order valence-electron chi connectivity index (χ3n) is 7.09. The molecule has 1 aromatic heterocycles. The van der Waals surface area contributed by atoms with Gasteiger partial charge in [0.1, 0.15) is 36.2 Å². The van der Waals surface area contributed by atoms with Gasteiger partial charge in [-0.2, -0.15) is 0 Å². The third kappa shape index (κ3) is 6.73. The Kier molecular flexibility index (Phi) is 8.68. The summed E-state index contributed by atoms with van der Waals surface area (Å²) in [4.78, 5) is 63.2. The first-order valence-electron chi connectivity index (χ1n) is 14.1. The Bertz CT molecular complexity index is 1620. The molecule has 228 valence electrons. The molecule has 0 aliphatic carbocycles. The smallest absolute Gasteiger partial charge is 0.326 e. The Morgan fingerprint density at radius 1 is 1.09 bits per heavy atom. The van der Waals surface area contributed by atoms with Gasteiger partial charge in [-0.1, -0.05) is 35.9 Å². The van der Waals surface area contributed by atoms with Crippen LogP contribution >= 0.6 is 11.6 Å². The van der Waals surface area contributed by atoms with Gasteiger partial charge in [0.2, 0.25) is 5.91 Å². The number of hydrogen-bond donors (Lipinski definition) is 2. The molecule has 12 heteroatoms. The summed E-state index contributed by atoms with van der Waals surface area (Å²) in [6, 6.07) is 13.7. The summed E-state index contributed by atoms with van der Waals surface area (Å²) in [7, 11) is 0. The number of ketones is 1. The maximum atomic E-state index is 14.4. The zero-order valence-corrected chi connectivity index (χ0v) is 25.2. The van der Waals surface area contributed by atoms with Crippen molar-refractivity contribution in [1.29, 1.82) is 0 Å². The van der Waals surface area contributed by atoms with E-state index in [1.54, 1.807) is 41.6 Å². The number of carboxylic acids is 1. The highest BCUT2D eigenvalue weighted by molar-refractivity contribution is 6.30. The minimum atomic E-state index is -1.25. The van der Waals surface area contributed by atoms with Crippen molar-refractivity contribution in [3.8, 4) is 5.75 Å². The molecular weight excluding hydrogens is 586 g/mol. The molecule has 3 aromatic rings. The first kappa shape index (κ1) is 30.7. The fourth-order valence-corrected chi connectivity index (χ4v) is 5.36. The van der Waals surface area contributed by atoms with E-state index in [-0.39, 0.29) is 29.6 Å². The van der Waals surface area contributed by atoms with Crippen molar-refractivity contribution >= 4 is 41.1 Å².